The fourth-order valence-electron chi connectivity index (χ4n) is 2.39. The number of hydrogen-bond acceptors (Lipinski definition) is 2. The highest BCUT2D eigenvalue weighted by atomic mass is 32.2. The van der Waals surface area contributed by atoms with Crippen molar-refractivity contribution in [3.8, 4) is 0 Å². The minimum absolute atomic E-state index is 0.236. The van der Waals surface area contributed by atoms with Crippen molar-refractivity contribution in [2.24, 2.45) is 0 Å². The van der Waals surface area contributed by atoms with E-state index in [1.807, 2.05) is 37.7 Å². The summed E-state index contributed by atoms with van der Waals surface area (Å²) in [7, 11) is 0.683. The summed E-state index contributed by atoms with van der Waals surface area (Å²) < 4.78 is 29.1. The minimum Gasteiger partial charge on any atom is -0.283 e. The van der Waals surface area contributed by atoms with Gasteiger partial charge in [0, 0.05) is 12.6 Å². The molecule has 0 heterocycles. The molecular formula is C15H24N3O2S+. The maximum atomic E-state index is 12.2. The Labute approximate surface area is 127 Å². The van der Waals surface area contributed by atoms with Crippen molar-refractivity contribution in [2.75, 3.05) is 24.1 Å². The molecule has 2 rings (SSSR count). The van der Waals surface area contributed by atoms with Crippen LogP contribution in [0.4, 0.5) is 11.4 Å². The smallest absolute Gasteiger partial charge is 0.246 e. The molecule has 1 saturated carbocycles. The second kappa shape index (κ2) is 6.47. The van der Waals surface area contributed by atoms with Crippen LogP contribution in [0.15, 0.2) is 24.3 Å². The van der Waals surface area contributed by atoms with E-state index >= 15 is 0 Å². The van der Waals surface area contributed by atoms with E-state index < -0.39 is 10.0 Å². The van der Waals surface area contributed by atoms with E-state index in [4.69, 9.17) is 0 Å². The summed E-state index contributed by atoms with van der Waals surface area (Å²) in [5.74, 6) is 1.02. The Morgan fingerprint density at radius 2 is 1.62 bits per heavy atom. The summed E-state index contributed by atoms with van der Waals surface area (Å²) in [5.41, 5.74) is 1.56. The van der Waals surface area contributed by atoms with Gasteiger partial charge < -0.3 is 0 Å². The van der Waals surface area contributed by atoms with Gasteiger partial charge in [0.15, 0.2) is 0 Å². The first-order chi connectivity index (χ1) is 9.88. The summed E-state index contributed by atoms with van der Waals surface area (Å²) in [6.07, 6.45) is 3.56. The quantitative estimate of drug-likeness (QED) is 0.510. The highest BCUT2D eigenvalue weighted by Gasteiger charge is 2.28. The molecule has 0 atom stereocenters. The molecule has 2 N–H and O–H groups in total. The van der Waals surface area contributed by atoms with Crippen molar-refractivity contribution in [2.45, 2.75) is 37.9 Å². The van der Waals surface area contributed by atoms with E-state index in [9.17, 15) is 8.42 Å². The van der Waals surface area contributed by atoms with Crippen molar-refractivity contribution in [3.63, 3.8) is 0 Å². The van der Waals surface area contributed by atoms with Crippen molar-refractivity contribution in [3.05, 3.63) is 24.3 Å². The van der Waals surface area contributed by atoms with E-state index in [1.165, 1.54) is 0 Å². The Bertz CT molecular complexity index is 611. The summed E-state index contributed by atoms with van der Waals surface area (Å²) in [6.45, 7) is 1.98. The first kappa shape index (κ1) is 15.8. The Hall–Kier alpha value is -1.56. The van der Waals surface area contributed by atoms with Gasteiger partial charge in [-0.05, 0) is 37.1 Å². The molecule has 0 radical (unpaired) electrons. The lowest BCUT2D eigenvalue weighted by Crippen LogP contribution is -2.25. The van der Waals surface area contributed by atoms with Crippen LogP contribution in [-0.2, 0) is 10.0 Å². The third-order valence-electron chi connectivity index (χ3n) is 3.88. The van der Waals surface area contributed by atoms with Crippen LogP contribution in [0.1, 0.15) is 32.6 Å². The van der Waals surface area contributed by atoms with Crippen LogP contribution >= 0.6 is 0 Å². The first-order valence-corrected chi connectivity index (χ1v) is 8.83. The highest BCUT2D eigenvalue weighted by molar-refractivity contribution is 7.93. The zero-order valence-electron chi connectivity index (χ0n) is 12.9. The number of hydrogen-bond donors (Lipinski definition) is 2. The molecule has 1 aromatic rings. The third kappa shape index (κ3) is 4.20. The lowest BCUT2D eigenvalue weighted by Gasteiger charge is -2.13. The number of benzene rings is 1. The van der Waals surface area contributed by atoms with E-state index in [-0.39, 0.29) is 5.25 Å². The van der Waals surface area contributed by atoms with Gasteiger partial charge in [-0.3, -0.25) is 9.30 Å². The molecule has 0 amide bonds. The van der Waals surface area contributed by atoms with Crippen LogP contribution in [0.2, 0.25) is 0 Å². The molecule has 21 heavy (non-hydrogen) atoms. The zero-order valence-corrected chi connectivity index (χ0v) is 13.7. The molecule has 0 spiro atoms. The van der Waals surface area contributed by atoms with Gasteiger partial charge in [-0.2, -0.15) is 0 Å². The molecular weight excluding hydrogens is 286 g/mol. The third-order valence-corrected chi connectivity index (χ3v) is 5.75. The number of sulfonamides is 1. The van der Waals surface area contributed by atoms with Crippen LogP contribution in [0.5, 0.6) is 0 Å². The molecule has 1 aromatic carbocycles. The molecule has 0 aromatic heterocycles. The van der Waals surface area contributed by atoms with Crippen LogP contribution in [0.25, 0.3) is 0 Å². The molecule has 0 aliphatic heterocycles. The van der Waals surface area contributed by atoms with Gasteiger partial charge >= 0.3 is 0 Å². The fraction of sp³-hybridized carbons (Fsp3) is 0.533. The van der Waals surface area contributed by atoms with Crippen LogP contribution in [-0.4, -0.2) is 38.2 Å². The van der Waals surface area contributed by atoms with Crippen LogP contribution in [0, 0.1) is 0 Å². The average molecular weight is 310 g/mol. The molecule has 1 fully saturated rings. The van der Waals surface area contributed by atoms with Gasteiger partial charge in [0.1, 0.15) is 5.69 Å². The molecule has 6 heteroatoms. The Morgan fingerprint density at radius 1 is 1.10 bits per heavy atom. The molecule has 116 valence electrons. The monoisotopic (exact) mass is 310 g/mol. The van der Waals surface area contributed by atoms with E-state index in [0.717, 1.165) is 37.2 Å². The largest absolute Gasteiger partial charge is 0.283 e. The zero-order chi connectivity index (χ0) is 15.5. The van der Waals surface area contributed by atoms with Crippen molar-refractivity contribution in [1.29, 1.82) is 0 Å². The Morgan fingerprint density at radius 3 is 2.14 bits per heavy atom. The fourth-order valence-corrected chi connectivity index (χ4v) is 3.97. The molecule has 1 aliphatic carbocycles. The topological polar surface area (TPSA) is 61.2 Å². The average Bonchev–Trinajstić information content (AvgIpc) is 2.95. The highest BCUT2D eigenvalue weighted by Crippen LogP contribution is 2.26. The standard InChI is InChI=1S/C15H23N3O2S/c1-12(18(2)3)16-13-8-10-14(11-9-13)17-21(19,20)15-6-4-5-7-15/h8-11,15,17H,4-7H2,1-3H3/p+1. The van der Waals surface area contributed by atoms with Crippen LogP contribution in [0.3, 0.4) is 0 Å². The summed E-state index contributed by atoms with van der Waals surface area (Å²) in [6, 6.07) is 7.33. The normalized spacial score (nSPS) is 15.8. The molecule has 0 bridgehead atoms. The summed E-state index contributed by atoms with van der Waals surface area (Å²) >= 11 is 0. The van der Waals surface area contributed by atoms with Crippen molar-refractivity contribution in [1.82, 2.24) is 0 Å². The van der Waals surface area contributed by atoms with Gasteiger partial charge in [-0.15, -0.1) is 0 Å². The predicted molar refractivity (Wildman–Crippen MR) is 87.7 cm³/mol. The van der Waals surface area contributed by atoms with Gasteiger partial charge in [0.05, 0.1) is 19.3 Å². The number of nitrogens with one attached hydrogen (secondary N) is 2. The number of nitrogens with zero attached hydrogens (tertiary/aromatic N) is 1. The predicted octanol–water partition coefficient (Wildman–Crippen LogP) is 2.47. The van der Waals surface area contributed by atoms with E-state index in [2.05, 4.69) is 10.0 Å². The Kier molecular flexibility index (Phi) is 4.88. The molecule has 0 unspecified atom stereocenters. The first-order valence-electron chi connectivity index (χ1n) is 7.28. The second-order valence-corrected chi connectivity index (χ2v) is 7.70. The Balaban J connectivity index is 2.04. The lowest BCUT2D eigenvalue weighted by molar-refractivity contribution is -0.464. The van der Waals surface area contributed by atoms with E-state index in [0.29, 0.717) is 5.69 Å². The SMILES string of the molecule is CC(Nc1ccc(NS(=O)(=O)C2CCCC2)cc1)=[N+](C)C. The maximum Gasteiger partial charge on any atom is 0.246 e. The number of anilines is 2. The van der Waals surface area contributed by atoms with Crippen molar-refractivity contribution >= 4 is 27.2 Å². The van der Waals surface area contributed by atoms with Gasteiger partial charge in [-0.25, -0.2) is 13.7 Å². The maximum absolute atomic E-state index is 12.2. The summed E-state index contributed by atoms with van der Waals surface area (Å²) in [5, 5.41) is 3.02. The lowest BCUT2D eigenvalue weighted by atomic mass is 10.3. The van der Waals surface area contributed by atoms with Gasteiger partial charge in [0.2, 0.25) is 15.9 Å². The number of rotatable bonds is 4. The second-order valence-electron chi connectivity index (χ2n) is 5.74. The molecule has 0 saturated heterocycles. The molecule has 5 nitrogen and oxygen atoms in total. The minimum atomic E-state index is -3.25. The molecule has 1 aliphatic rings. The van der Waals surface area contributed by atoms with Gasteiger partial charge in [0.25, 0.3) is 0 Å². The van der Waals surface area contributed by atoms with Gasteiger partial charge in [-0.1, -0.05) is 12.8 Å². The number of amidine groups is 1. The van der Waals surface area contributed by atoms with Crippen molar-refractivity contribution < 1.29 is 13.0 Å². The summed E-state index contributed by atoms with van der Waals surface area (Å²) in [4.78, 5) is 0. The van der Waals surface area contributed by atoms with Crippen LogP contribution < -0.4 is 10.0 Å². The van der Waals surface area contributed by atoms with E-state index in [1.54, 1.807) is 12.1 Å².